The number of nitrogens with zero attached hydrogens (tertiary/aromatic N) is 5. The van der Waals surface area contributed by atoms with Crippen LogP contribution < -0.4 is 5.73 Å². The molecular formula is C15H16ClFN6O7. The van der Waals surface area contributed by atoms with Gasteiger partial charge in [-0.1, -0.05) is 0 Å². The molecule has 2 heterocycles. The van der Waals surface area contributed by atoms with Gasteiger partial charge in [-0.15, -0.1) is 0 Å². The number of methoxy groups -OCH3 is 1. The van der Waals surface area contributed by atoms with Crippen molar-refractivity contribution < 1.29 is 38.8 Å². The number of fused-ring (bicyclic) bond motifs is 1. The molecule has 5 N–H and O–H groups in total. The number of hydrogen-bond acceptors (Lipinski definition) is 10. The Morgan fingerprint density at radius 2 is 2.07 bits per heavy atom. The van der Waals surface area contributed by atoms with E-state index >= 15 is 0 Å². The van der Waals surface area contributed by atoms with Gasteiger partial charge in [-0.3, -0.25) is 4.57 Å². The van der Waals surface area contributed by atoms with Crippen LogP contribution in [0, 0.1) is 11.3 Å². The third-order valence-corrected chi connectivity index (χ3v) is 4.33. The van der Waals surface area contributed by atoms with Crippen LogP contribution in [0.5, 0.6) is 0 Å². The zero-order valence-electron chi connectivity index (χ0n) is 15.3. The highest BCUT2D eigenvalue weighted by atomic mass is 35.5. The van der Waals surface area contributed by atoms with Crippen LogP contribution in [0.2, 0.25) is 5.28 Å². The molecule has 0 fully saturated rings. The zero-order valence-corrected chi connectivity index (χ0v) is 16.0. The molecule has 0 radical (unpaired) electrons. The lowest BCUT2D eigenvalue weighted by Gasteiger charge is -2.29. The number of hydrogen-bond donors (Lipinski definition) is 4. The molecule has 15 heteroatoms. The minimum atomic E-state index is -2.92. The number of alkyl halides is 1. The Morgan fingerprint density at radius 1 is 1.43 bits per heavy atom. The number of nitrogen functional groups attached to an aromatic ring is 1. The number of nitriles is 1. The van der Waals surface area contributed by atoms with Crippen molar-refractivity contribution in [2.75, 3.05) is 19.5 Å². The van der Waals surface area contributed by atoms with Crippen LogP contribution in [0.1, 0.15) is 12.7 Å². The number of nitrogens with two attached hydrogens (primary N) is 1. The summed E-state index contributed by atoms with van der Waals surface area (Å²) in [5.74, 6) is -4.01. The van der Waals surface area contributed by atoms with Gasteiger partial charge < -0.3 is 30.5 Å². The molecule has 0 spiro atoms. The molecule has 0 saturated heterocycles. The van der Waals surface area contributed by atoms with Crippen LogP contribution in [0.15, 0.2) is 6.33 Å². The topological polar surface area (TPSA) is 207 Å². The van der Waals surface area contributed by atoms with Crippen LogP contribution in [-0.4, -0.2) is 78.3 Å². The molecule has 0 unspecified atom stereocenters. The number of halogens is 2. The summed E-state index contributed by atoms with van der Waals surface area (Å²) in [4.78, 5) is 34.0. The lowest BCUT2D eigenvalue weighted by atomic mass is 10.0. The fraction of sp³-hybridized carbons (Fsp3) is 0.467. The molecule has 0 saturated carbocycles. The van der Waals surface area contributed by atoms with E-state index in [0.717, 1.165) is 18.0 Å². The molecule has 0 aliphatic heterocycles. The smallest absolute Gasteiger partial charge is 0.349 e. The van der Waals surface area contributed by atoms with E-state index in [0.29, 0.717) is 0 Å². The Bertz CT molecular complexity index is 982. The van der Waals surface area contributed by atoms with Crippen molar-refractivity contribution >= 4 is 40.5 Å². The fourth-order valence-corrected chi connectivity index (χ4v) is 2.66. The normalized spacial score (nSPS) is 14.8. The molecule has 2 rings (SSSR count). The molecule has 2 aromatic rings. The monoisotopic (exact) mass is 446 g/mol. The number of anilines is 1. The summed E-state index contributed by atoms with van der Waals surface area (Å²) >= 11 is 5.71. The summed E-state index contributed by atoms with van der Waals surface area (Å²) in [7, 11) is 1.06. The highest BCUT2D eigenvalue weighted by Crippen LogP contribution is 2.27. The van der Waals surface area contributed by atoms with E-state index in [4.69, 9.17) is 32.1 Å². The van der Waals surface area contributed by atoms with E-state index in [1.54, 1.807) is 0 Å². The number of carbonyl (C=O) groups is 2. The highest BCUT2D eigenvalue weighted by molar-refractivity contribution is 6.28. The fourth-order valence-electron chi connectivity index (χ4n) is 2.49. The first-order valence-corrected chi connectivity index (χ1v) is 8.45. The van der Waals surface area contributed by atoms with Crippen LogP contribution >= 0.6 is 11.6 Å². The number of aliphatic carboxylic acids is 2. The van der Waals surface area contributed by atoms with Crippen LogP contribution in [0.4, 0.5) is 10.2 Å². The molecule has 0 aliphatic carbocycles. The molecule has 0 amide bonds. The summed E-state index contributed by atoms with van der Waals surface area (Å²) in [5, 5.41) is 37.2. The number of carboxylic acid groups (broad SMARTS) is 2. The van der Waals surface area contributed by atoms with Crippen molar-refractivity contribution in [3.05, 3.63) is 11.6 Å². The van der Waals surface area contributed by atoms with E-state index < -0.39 is 49.1 Å². The maximum Gasteiger partial charge on any atom is 0.349 e. The summed E-state index contributed by atoms with van der Waals surface area (Å²) in [6.45, 7) is -0.872. The standard InChI is InChI=1S/C15H16ClFN6O7/c1-29-6(4-30-15(2-3-18,12(25)26)13(27)28)8(24)9(17)23-5-20-7-10(19)21-14(16)22-11(7)23/h5-6,8-9,24H,2,4H2,1H3,(H,25,26)(H,27,28)(H2,19,21,22)/t6-,8-,9-/m1/s1. The van der Waals surface area contributed by atoms with E-state index in [2.05, 4.69) is 15.0 Å². The Kier molecular flexibility index (Phi) is 7.05. The lowest BCUT2D eigenvalue weighted by molar-refractivity contribution is -0.191. The molecule has 30 heavy (non-hydrogen) atoms. The van der Waals surface area contributed by atoms with Crippen LogP contribution in [0.25, 0.3) is 11.2 Å². The second-order valence-electron chi connectivity index (χ2n) is 5.92. The second-order valence-corrected chi connectivity index (χ2v) is 6.26. The SMILES string of the molecule is CO[C@H](COC(CC#N)(C(=O)O)C(=O)O)[C@@H](O)[C@H](F)n1cnc2c(N)nc(Cl)nc21. The minimum absolute atomic E-state index is 0.0178. The summed E-state index contributed by atoms with van der Waals surface area (Å²) in [6.07, 6.45) is -5.85. The molecule has 0 bridgehead atoms. The van der Waals surface area contributed by atoms with Gasteiger partial charge in [0.05, 0.1) is 25.4 Å². The predicted octanol–water partition coefficient (Wildman–Crippen LogP) is -0.256. The van der Waals surface area contributed by atoms with E-state index in [1.165, 1.54) is 6.07 Å². The van der Waals surface area contributed by atoms with Crippen molar-refractivity contribution in [2.24, 2.45) is 0 Å². The zero-order chi connectivity index (χ0) is 22.6. The number of carboxylic acids is 2. The van der Waals surface area contributed by atoms with E-state index in [-0.39, 0.29) is 22.3 Å². The van der Waals surface area contributed by atoms with Gasteiger partial charge in [-0.05, 0) is 11.6 Å². The lowest BCUT2D eigenvalue weighted by Crippen LogP contribution is -2.51. The summed E-state index contributed by atoms with van der Waals surface area (Å²) in [5.41, 5.74) is 2.60. The molecule has 0 aliphatic rings. The maximum atomic E-state index is 15.0. The molecule has 3 atom stereocenters. The van der Waals surface area contributed by atoms with Gasteiger partial charge in [0.25, 0.3) is 5.60 Å². The maximum absolute atomic E-state index is 15.0. The number of aromatic nitrogens is 4. The first kappa shape index (κ1) is 23.2. The van der Waals surface area contributed by atoms with E-state index in [9.17, 15) is 29.3 Å². The van der Waals surface area contributed by atoms with Gasteiger partial charge >= 0.3 is 11.9 Å². The third-order valence-electron chi connectivity index (χ3n) is 4.17. The molecule has 0 aromatic carbocycles. The van der Waals surface area contributed by atoms with Gasteiger partial charge in [0.15, 0.2) is 11.5 Å². The molecule has 162 valence electrons. The Morgan fingerprint density at radius 3 is 2.60 bits per heavy atom. The number of ether oxygens (including phenoxy) is 2. The third kappa shape index (κ3) is 4.24. The largest absolute Gasteiger partial charge is 0.479 e. The predicted molar refractivity (Wildman–Crippen MR) is 95.9 cm³/mol. The number of rotatable bonds is 10. The number of aliphatic hydroxyl groups is 1. The van der Waals surface area contributed by atoms with Gasteiger partial charge in [0.1, 0.15) is 17.7 Å². The van der Waals surface area contributed by atoms with Crippen molar-refractivity contribution in [1.82, 2.24) is 19.5 Å². The quantitative estimate of drug-likeness (QED) is 0.275. The Hall–Kier alpha value is -3.12. The highest BCUT2D eigenvalue weighted by Gasteiger charge is 2.49. The molecule has 2 aromatic heterocycles. The summed E-state index contributed by atoms with van der Waals surface area (Å²) < 4.78 is 25.6. The van der Waals surface area contributed by atoms with Crippen LogP contribution in [0.3, 0.4) is 0 Å². The Balaban J connectivity index is 2.28. The van der Waals surface area contributed by atoms with Gasteiger partial charge in [-0.2, -0.15) is 15.2 Å². The second kappa shape index (κ2) is 9.13. The van der Waals surface area contributed by atoms with Crippen molar-refractivity contribution in [3.63, 3.8) is 0 Å². The van der Waals surface area contributed by atoms with Crippen molar-refractivity contribution in [2.45, 2.75) is 30.5 Å². The number of aliphatic hydroxyl groups excluding tert-OH is 1. The number of imidazole rings is 1. The first-order chi connectivity index (χ1) is 14.1. The van der Waals surface area contributed by atoms with Gasteiger partial charge in [0, 0.05) is 7.11 Å². The minimum Gasteiger partial charge on any atom is -0.479 e. The Labute approximate surface area is 172 Å². The average molecular weight is 447 g/mol. The first-order valence-electron chi connectivity index (χ1n) is 8.07. The molecular weight excluding hydrogens is 431 g/mol. The van der Waals surface area contributed by atoms with Gasteiger partial charge in [-0.25, -0.2) is 19.0 Å². The van der Waals surface area contributed by atoms with Crippen molar-refractivity contribution in [3.8, 4) is 6.07 Å². The van der Waals surface area contributed by atoms with Crippen LogP contribution in [-0.2, 0) is 19.1 Å². The molecule has 13 nitrogen and oxygen atoms in total. The van der Waals surface area contributed by atoms with E-state index in [1.807, 2.05) is 0 Å². The van der Waals surface area contributed by atoms with Gasteiger partial charge in [0.2, 0.25) is 11.6 Å². The van der Waals surface area contributed by atoms with Crippen molar-refractivity contribution in [1.29, 1.82) is 5.26 Å². The summed E-state index contributed by atoms with van der Waals surface area (Å²) in [6, 6.07) is 1.40. The average Bonchev–Trinajstić information content (AvgIpc) is 3.10.